The van der Waals surface area contributed by atoms with E-state index in [9.17, 15) is 14.9 Å². The predicted octanol–water partition coefficient (Wildman–Crippen LogP) is 1.57. The molecule has 0 atom stereocenters. The number of hydrogen-bond donors (Lipinski definition) is 1. The van der Waals surface area contributed by atoms with E-state index in [1.165, 1.54) is 17.0 Å². The van der Waals surface area contributed by atoms with Gasteiger partial charge in [0.05, 0.1) is 10.6 Å². The van der Waals surface area contributed by atoms with E-state index in [1.807, 2.05) is 0 Å². The molecule has 0 saturated heterocycles. The molecule has 0 bridgehead atoms. The van der Waals surface area contributed by atoms with Crippen LogP contribution < -0.4 is 5.32 Å². The van der Waals surface area contributed by atoms with Crippen LogP contribution in [0.15, 0.2) is 18.2 Å². The number of benzene rings is 1. The number of carbonyl (C=O) groups is 1. The first-order valence-electron chi connectivity index (χ1n) is 4.37. The molecule has 0 saturated carbocycles. The first-order chi connectivity index (χ1) is 7.08. The highest BCUT2D eigenvalue weighted by Gasteiger charge is 2.21. The van der Waals surface area contributed by atoms with E-state index in [0.717, 1.165) is 5.56 Å². The highest BCUT2D eigenvalue weighted by Crippen LogP contribution is 2.26. The number of nitrogens with zero attached hydrogens (tertiary/aromatic N) is 2. The fraction of sp³-hybridized carbons (Fsp3) is 0.222. The maximum atomic E-state index is 11.3. The van der Waals surface area contributed by atoms with Crippen LogP contribution in [0.25, 0.3) is 0 Å². The number of rotatable bonds is 1. The zero-order chi connectivity index (χ0) is 11.0. The Balaban J connectivity index is 2.41. The molecule has 0 radical (unpaired) electrons. The van der Waals surface area contributed by atoms with Gasteiger partial charge in [0.1, 0.15) is 0 Å². The standard InChI is InChI=1S/C9H9N3O3/c1-11-5-6-2-3-7(12(14)15)4-8(6)10-9(11)13/h2-4H,5H2,1H3,(H,10,13). The average Bonchev–Trinajstić information content (AvgIpc) is 2.19. The van der Waals surface area contributed by atoms with Crippen LogP contribution in [0.4, 0.5) is 16.2 Å². The summed E-state index contributed by atoms with van der Waals surface area (Å²) in [4.78, 5) is 22.8. The van der Waals surface area contributed by atoms with Crippen molar-refractivity contribution >= 4 is 17.4 Å². The van der Waals surface area contributed by atoms with Crippen molar-refractivity contribution < 1.29 is 9.72 Å². The van der Waals surface area contributed by atoms with Crippen molar-refractivity contribution in [1.29, 1.82) is 0 Å². The predicted molar refractivity (Wildman–Crippen MR) is 53.6 cm³/mol. The topological polar surface area (TPSA) is 75.5 Å². The van der Waals surface area contributed by atoms with Crippen molar-refractivity contribution in [1.82, 2.24) is 4.90 Å². The summed E-state index contributed by atoms with van der Waals surface area (Å²) in [5.41, 5.74) is 1.38. The first-order valence-corrected chi connectivity index (χ1v) is 4.37. The molecule has 78 valence electrons. The monoisotopic (exact) mass is 207 g/mol. The van der Waals surface area contributed by atoms with E-state index >= 15 is 0 Å². The van der Waals surface area contributed by atoms with Crippen molar-refractivity contribution in [3.63, 3.8) is 0 Å². The Bertz CT molecular complexity index is 444. The van der Waals surface area contributed by atoms with Crippen LogP contribution in [0.1, 0.15) is 5.56 Å². The molecule has 15 heavy (non-hydrogen) atoms. The van der Waals surface area contributed by atoms with Gasteiger partial charge in [-0.2, -0.15) is 0 Å². The van der Waals surface area contributed by atoms with E-state index < -0.39 is 4.92 Å². The number of hydrogen-bond acceptors (Lipinski definition) is 3. The van der Waals surface area contributed by atoms with Gasteiger partial charge in [0.25, 0.3) is 5.69 Å². The van der Waals surface area contributed by atoms with Crippen molar-refractivity contribution in [2.45, 2.75) is 6.54 Å². The molecule has 2 amide bonds. The van der Waals surface area contributed by atoms with Crippen LogP contribution in [-0.2, 0) is 6.54 Å². The summed E-state index contributed by atoms with van der Waals surface area (Å²) in [7, 11) is 1.67. The molecular weight excluding hydrogens is 198 g/mol. The van der Waals surface area contributed by atoms with Gasteiger partial charge in [0.2, 0.25) is 0 Å². The van der Waals surface area contributed by atoms with Gasteiger partial charge in [-0.15, -0.1) is 0 Å². The Morgan fingerprint density at radius 1 is 1.53 bits per heavy atom. The average molecular weight is 207 g/mol. The van der Waals surface area contributed by atoms with E-state index in [-0.39, 0.29) is 11.7 Å². The largest absolute Gasteiger partial charge is 0.323 e. The van der Waals surface area contributed by atoms with Crippen LogP contribution in [-0.4, -0.2) is 22.9 Å². The number of fused-ring (bicyclic) bond motifs is 1. The number of urea groups is 1. The van der Waals surface area contributed by atoms with Gasteiger partial charge < -0.3 is 10.2 Å². The van der Waals surface area contributed by atoms with Crippen LogP contribution in [0.5, 0.6) is 0 Å². The van der Waals surface area contributed by atoms with Gasteiger partial charge in [0.15, 0.2) is 0 Å². The molecule has 1 N–H and O–H groups in total. The van der Waals surface area contributed by atoms with Crippen molar-refractivity contribution in [3.05, 3.63) is 33.9 Å². The molecule has 1 heterocycles. The Morgan fingerprint density at radius 2 is 2.27 bits per heavy atom. The van der Waals surface area contributed by atoms with Crippen LogP contribution >= 0.6 is 0 Å². The summed E-state index contributed by atoms with van der Waals surface area (Å²) >= 11 is 0. The number of nitro benzene ring substituents is 1. The molecule has 0 spiro atoms. The third kappa shape index (κ3) is 1.61. The van der Waals surface area contributed by atoms with Crippen LogP contribution in [0.2, 0.25) is 0 Å². The fourth-order valence-corrected chi connectivity index (χ4v) is 1.47. The molecule has 6 nitrogen and oxygen atoms in total. The fourth-order valence-electron chi connectivity index (χ4n) is 1.47. The molecule has 1 aliphatic heterocycles. The smallest absolute Gasteiger partial charge is 0.321 e. The molecule has 0 unspecified atom stereocenters. The maximum Gasteiger partial charge on any atom is 0.321 e. The Morgan fingerprint density at radius 3 is 2.93 bits per heavy atom. The van der Waals surface area contributed by atoms with Crippen molar-refractivity contribution in [2.75, 3.05) is 12.4 Å². The molecule has 2 rings (SSSR count). The lowest BCUT2D eigenvalue weighted by molar-refractivity contribution is -0.384. The summed E-state index contributed by atoms with van der Waals surface area (Å²) in [5, 5.41) is 13.1. The number of amides is 2. The summed E-state index contributed by atoms with van der Waals surface area (Å²) in [6.07, 6.45) is 0. The molecule has 1 aromatic rings. The molecule has 1 aliphatic rings. The summed E-state index contributed by atoms with van der Waals surface area (Å²) in [6.45, 7) is 0.471. The van der Waals surface area contributed by atoms with Gasteiger partial charge in [0, 0.05) is 25.7 Å². The van der Waals surface area contributed by atoms with Gasteiger partial charge in [-0.25, -0.2) is 4.79 Å². The number of nitrogens with one attached hydrogen (secondary N) is 1. The highest BCUT2D eigenvalue weighted by molar-refractivity contribution is 5.92. The minimum Gasteiger partial charge on any atom is -0.323 e. The Kier molecular flexibility index (Phi) is 2.03. The van der Waals surface area contributed by atoms with Gasteiger partial charge in [-0.1, -0.05) is 0 Å². The Labute approximate surface area is 85.6 Å². The van der Waals surface area contributed by atoms with E-state index in [2.05, 4.69) is 5.32 Å². The number of non-ortho nitro benzene ring substituents is 1. The summed E-state index contributed by atoms with van der Waals surface area (Å²) < 4.78 is 0. The minimum absolute atomic E-state index is 0.0152. The van der Waals surface area contributed by atoms with Gasteiger partial charge in [-0.3, -0.25) is 10.1 Å². The third-order valence-electron chi connectivity index (χ3n) is 2.30. The van der Waals surface area contributed by atoms with Crippen molar-refractivity contribution in [3.8, 4) is 0 Å². The zero-order valence-electron chi connectivity index (χ0n) is 8.06. The molecule has 0 fully saturated rings. The summed E-state index contributed by atoms with van der Waals surface area (Å²) in [6, 6.07) is 4.22. The lowest BCUT2D eigenvalue weighted by Gasteiger charge is -2.25. The van der Waals surface area contributed by atoms with Crippen LogP contribution in [0, 0.1) is 10.1 Å². The minimum atomic E-state index is -0.481. The quantitative estimate of drug-likeness (QED) is 0.561. The summed E-state index contributed by atoms with van der Waals surface area (Å²) in [5.74, 6) is 0. The second-order valence-electron chi connectivity index (χ2n) is 3.38. The normalized spacial score (nSPS) is 14.5. The molecule has 1 aromatic carbocycles. The zero-order valence-corrected chi connectivity index (χ0v) is 8.06. The second kappa shape index (κ2) is 3.23. The highest BCUT2D eigenvalue weighted by atomic mass is 16.6. The number of carbonyl (C=O) groups excluding carboxylic acids is 1. The van der Waals surface area contributed by atoms with Gasteiger partial charge in [-0.05, 0) is 11.6 Å². The molecule has 6 heteroatoms. The second-order valence-corrected chi connectivity index (χ2v) is 3.38. The molecular formula is C9H9N3O3. The molecule has 0 aromatic heterocycles. The maximum absolute atomic E-state index is 11.3. The van der Waals surface area contributed by atoms with Crippen LogP contribution in [0.3, 0.4) is 0 Å². The Hall–Kier alpha value is -2.11. The van der Waals surface area contributed by atoms with E-state index in [4.69, 9.17) is 0 Å². The van der Waals surface area contributed by atoms with E-state index in [0.29, 0.717) is 12.2 Å². The molecule has 0 aliphatic carbocycles. The lowest BCUT2D eigenvalue weighted by Crippen LogP contribution is -2.35. The third-order valence-corrected chi connectivity index (χ3v) is 2.30. The lowest BCUT2D eigenvalue weighted by atomic mass is 10.1. The van der Waals surface area contributed by atoms with Gasteiger partial charge >= 0.3 is 6.03 Å². The first kappa shape index (κ1) is 9.45. The SMILES string of the molecule is CN1Cc2ccc([N+](=O)[O-])cc2NC1=O. The number of nitro groups is 1. The number of anilines is 1. The van der Waals surface area contributed by atoms with E-state index in [1.54, 1.807) is 13.1 Å². The van der Waals surface area contributed by atoms with Crippen molar-refractivity contribution in [2.24, 2.45) is 0 Å².